The fraction of sp³-hybridized carbons (Fsp3) is 0.868. The summed E-state index contributed by atoms with van der Waals surface area (Å²) >= 11 is 0. The van der Waals surface area contributed by atoms with Gasteiger partial charge in [0, 0.05) is 19.3 Å². The number of hydrogen-bond acceptors (Lipinski definition) is 6. The lowest BCUT2D eigenvalue weighted by Crippen LogP contribution is -2.30. The molecule has 0 unspecified atom stereocenters. The predicted octanol–water partition coefficient (Wildman–Crippen LogP) is 16.8. The maximum Gasteiger partial charge on any atom is 0.306 e. The standard InChI is InChI=1S/C53H98O6/c1-4-7-10-13-16-19-22-23-24-25-26-27-28-29-32-35-38-41-44-47-53(56)59-50(48-57-51(54)45-42-39-36-33-30-20-17-14-11-8-5-2)49-58-52(55)46-43-40-37-34-31-21-18-15-12-9-6-3/h16,19,23-24,50H,4-15,17-18,20-22,25-49H2,1-3H3/b19-16-,24-23-. The van der Waals surface area contributed by atoms with Crippen molar-refractivity contribution in [3.63, 3.8) is 0 Å². The molecule has 0 atom stereocenters. The minimum atomic E-state index is -0.766. The molecule has 0 heterocycles. The van der Waals surface area contributed by atoms with Crippen LogP contribution in [0.25, 0.3) is 0 Å². The highest BCUT2D eigenvalue weighted by Gasteiger charge is 2.19. The van der Waals surface area contributed by atoms with Crippen LogP contribution in [0.3, 0.4) is 0 Å². The van der Waals surface area contributed by atoms with Gasteiger partial charge in [0.05, 0.1) is 0 Å². The third-order valence-electron chi connectivity index (χ3n) is 11.5. The van der Waals surface area contributed by atoms with Crippen molar-refractivity contribution >= 4 is 17.9 Å². The SMILES string of the molecule is CCCCC/C=C\C/C=C\CCCCCCCCCCCC(=O)OC(COC(=O)CCCCCCCCCCCCC)COC(=O)CCCCCCCCCCCCC. The predicted molar refractivity (Wildman–Crippen MR) is 252 cm³/mol. The number of rotatable bonds is 47. The van der Waals surface area contributed by atoms with Gasteiger partial charge in [-0.15, -0.1) is 0 Å². The third kappa shape index (κ3) is 46.8. The molecule has 0 aromatic heterocycles. The summed E-state index contributed by atoms with van der Waals surface area (Å²) in [5.74, 6) is -0.861. The number of carbonyl (C=O) groups excluding carboxylic acids is 3. The molecule has 0 aromatic carbocycles. The zero-order valence-corrected chi connectivity index (χ0v) is 39.5. The summed E-state index contributed by atoms with van der Waals surface area (Å²) < 4.78 is 16.8. The number of carbonyl (C=O) groups is 3. The van der Waals surface area contributed by atoms with Crippen molar-refractivity contribution in [1.29, 1.82) is 0 Å². The van der Waals surface area contributed by atoms with E-state index in [1.165, 1.54) is 173 Å². The van der Waals surface area contributed by atoms with Crippen molar-refractivity contribution in [1.82, 2.24) is 0 Å². The Morgan fingerprint density at radius 1 is 0.339 bits per heavy atom. The van der Waals surface area contributed by atoms with Gasteiger partial charge in [-0.05, 0) is 51.4 Å². The second kappa shape index (κ2) is 48.6. The largest absolute Gasteiger partial charge is 0.462 e. The molecule has 0 aliphatic heterocycles. The van der Waals surface area contributed by atoms with Crippen molar-refractivity contribution in [2.24, 2.45) is 0 Å². The first kappa shape index (κ1) is 56.9. The minimum Gasteiger partial charge on any atom is -0.462 e. The van der Waals surface area contributed by atoms with E-state index in [9.17, 15) is 14.4 Å². The number of esters is 3. The molecule has 0 rings (SSSR count). The highest BCUT2D eigenvalue weighted by atomic mass is 16.6. The van der Waals surface area contributed by atoms with Crippen molar-refractivity contribution in [2.75, 3.05) is 13.2 Å². The second-order valence-corrected chi connectivity index (χ2v) is 17.4. The Morgan fingerprint density at radius 2 is 0.610 bits per heavy atom. The fourth-order valence-corrected chi connectivity index (χ4v) is 7.53. The van der Waals surface area contributed by atoms with Crippen LogP contribution in [-0.2, 0) is 28.6 Å². The van der Waals surface area contributed by atoms with Crippen LogP contribution in [0, 0.1) is 0 Å². The molecule has 0 N–H and O–H groups in total. The molecule has 6 nitrogen and oxygen atoms in total. The van der Waals surface area contributed by atoms with Crippen LogP contribution in [0.4, 0.5) is 0 Å². The molecule has 0 radical (unpaired) electrons. The first-order valence-electron chi connectivity index (χ1n) is 25.8. The average molecular weight is 831 g/mol. The highest BCUT2D eigenvalue weighted by Crippen LogP contribution is 2.16. The summed E-state index contributed by atoms with van der Waals surface area (Å²) in [5.41, 5.74) is 0. The molecule has 0 saturated heterocycles. The van der Waals surface area contributed by atoms with Crippen LogP contribution in [0.1, 0.15) is 278 Å². The van der Waals surface area contributed by atoms with Crippen molar-refractivity contribution in [2.45, 2.75) is 284 Å². The van der Waals surface area contributed by atoms with Gasteiger partial charge < -0.3 is 14.2 Å². The molecule has 59 heavy (non-hydrogen) atoms. The Morgan fingerprint density at radius 3 is 0.966 bits per heavy atom. The molecular weight excluding hydrogens is 733 g/mol. The lowest BCUT2D eigenvalue weighted by molar-refractivity contribution is -0.167. The first-order chi connectivity index (χ1) is 29.0. The van der Waals surface area contributed by atoms with Gasteiger partial charge in [0.2, 0.25) is 0 Å². The molecule has 0 amide bonds. The Kier molecular flexibility index (Phi) is 46.8. The van der Waals surface area contributed by atoms with E-state index in [1.54, 1.807) is 0 Å². The van der Waals surface area contributed by atoms with Crippen molar-refractivity contribution < 1.29 is 28.6 Å². The van der Waals surface area contributed by atoms with E-state index < -0.39 is 6.10 Å². The van der Waals surface area contributed by atoms with E-state index in [2.05, 4.69) is 45.1 Å². The number of hydrogen-bond donors (Lipinski definition) is 0. The first-order valence-corrected chi connectivity index (χ1v) is 25.8. The van der Waals surface area contributed by atoms with Crippen LogP contribution in [0.5, 0.6) is 0 Å². The number of unbranched alkanes of at least 4 members (excludes halogenated alkanes) is 32. The topological polar surface area (TPSA) is 78.9 Å². The van der Waals surface area contributed by atoms with E-state index >= 15 is 0 Å². The van der Waals surface area contributed by atoms with Gasteiger partial charge in [-0.2, -0.15) is 0 Å². The molecule has 6 heteroatoms. The number of allylic oxidation sites excluding steroid dienone is 4. The zero-order chi connectivity index (χ0) is 43.0. The highest BCUT2D eigenvalue weighted by molar-refractivity contribution is 5.71. The molecule has 0 bridgehead atoms. The van der Waals surface area contributed by atoms with Gasteiger partial charge in [-0.3, -0.25) is 14.4 Å². The fourth-order valence-electron chi connectivity index (χ4n) is 7.53. The van der Waals surface area contributed by atoms with Crippen LogP contribution in [0.2, 0.25) is 0 Å². The van der Waals surface area contributed by atoms with E-state index in [1.807, 2.05) is 0 Å². The summed E-state index contributed by atoms with van der Waals surface area (Å²) in [6.45, 7) is 6.62. The Labute approximate surface area is 366 Å². The van der Waals surface area contributed by atoms with E-state index in [0.717, 1.165) is 64.2 Å². The molecule has 0 spiro atoms. The van der Waals surface area contributed by atoms with Crippen molar-refractivity contribution in [3.05, 3.63) is 24.3 Å². The molecule has 0 saturated carbocycles. The van der Waals surface area contributed by atoms with Crippen LogP contribution < -0.4 is 0 Å². The van der Waals surface area contributed by atoms with Gasteiger partial charge in [-0.25, -0.2) is 0 Å². The molecule has 0 aliphatic carbocycles. The molecule has 0 aliphatic rings. The second-order valence-electron chi connectivity index (χ2n) is 17.4. The van der Waals surface area contributed by atoms with E-state index in [-0.39, 0.29) is 31.1 Å². The quantitative estimate of drug-likeness (QED) is 0.0263. The summed E-state index contributed by atoms with van der Waals surface area (Å²) in [5, 5.41) is 0. The molecule has 346 valence electrons. The maximum absolute atomic E-state index is 12.8. The van der Waals surface area contributed by atoms with E-state index in [4.69, 9.17) is 14.2 Å². The van der Waals surface area contributed by atoms with E-state index in [0.29, 0.717) is 19.3 Å². The summed E-state index contributed by atoms with van der Waals surface area (Å²) in [6.07, 6.45) is 54.4. The smallest absolute Gasteiger partial charge is 0.306 e. The summed E-state index contributed by atoms with van der Waals surface area (Å²) in [4.78, 5) is 37.9. The zero-order valence-electron chi connectivity index (χ0n) is 39.5. The molecule has 0 aromatic rings. The van der Waals surface area contributed by atoms with Crippen molar-refractivity contribution in [3.8, 4) is 0 Å². The molecular formula is C53H98O6. The van der Waals surface area contributed by atoms with Gasteiger partial charge in [0.25, 0.3) is 0 Å². The van der Waals surface area contributed by atoms with Gasteiger partial charge >= 0.3 is 17.9 Å². The Bertz CT molecular complexity index is 916. The minimum absolute atomic E-state index is 0.0683. The van der Waals surface area contributed by atoms with Gasteiger partial charge in [-0.1, -0.05) is 231 Å². The Balaban J connectivity index is 4.30. The normalized spacial score (nSPS) is 11.7. The third-order valence-corrected chi connectivity index (χ3v) is 11.5. The maximum atomic E-state index is 12.8. The van der Waals surface area contributed by atoms with Gasteiger partial charge in [0.15, 0.2) is 6.10 Å². The average Bonchev–Trinajstić information content (AvgIpc) is 3.23. The van der Waals surface area contributed by atoms with Gasteiger partial charge in [0.1, 0.15) is 13.2 Å². The Hall–Kier alpha value is -2.11. The lowest BCUT2D eigenvalue weighted by atomic mass is 10.1. The summed E-state index contributed by atoms with van der Waals surface area (Å²) in [6, 6.07) is 0. The van der Waals surface area contributed by atoms with Crippen LogP contribution in [-0.4, -0.2) is 37.2 Å². The van der Waals surface area contributed by atoms with Crippen LogP contribution in [0.15, 0.2) is 24.3 Å². The van der Waals surface area contributed by atoms with Crippen LogP contribution >= 0.6 is 0 Å². The lowest BCUT2D eigenvalue weighted by Gasteiger charge is -2.18. The summed E-state index contributed by atoms with van der Waals surface area (Å²) in [7, 11) is 0. The number of ether oxygens (including phenoxy) is 3. The monoisotopic (exact) mass is 831 g/mol. The molecule has 0 fully saturated rings.